The summed E-state index contributed by atoms with van der Waals surface area (Å²) in [6, 6.07) is 4.37. The standard InChI is InChI=1S/C22H29FN2O4/c1-4-28-22(27)18(12-15(2)3)25-14-16(13-20(25)26)29-19-9-7-8-17(21(19)23)24-10-5-6-11-24/h7-9,13,15,18H,4-6,10-12,14H2,1-3H3/t18-/m0/s1. The van der Waals surface area contributed by atoms with Crippen LogP contribution in [-0.4, -0.2) is 49.1 Å². The van der Waals surface area contributed by atoms with E-state index in [9.17, 15) is 14.0 Å². The van der Waals surface area contributed by atoms with Crippen molar-refractivity contribution in [2.24, 2.45) is 5.92 Å². The van der Waals surface area contributed by atoms with Gasteiger partial charge in [0, 0.05) is 19.2 Å². The molecule has 0 N–H and O–H groups in total. The first-order valence-corrected chi connectivity index (χ1v) is 10.3. The fraction of sp³-hybridized carbons (Fsp3) is 0.545. The third-order valence-electron chi connectivity index (χ3n) is 5.15. The van der Waals surface area contributed by atoms with Gasteiger partial charge in [-0.25, -0.2) is 9.18 Å². The third kappa shape index (κ3) is 4.89. The highest BCUT2D eigenvalue weighted by Gasteiger charge is 2.35. The fourth-order valence-corrected chi connectivity index (χ4v) is 3.79. The van der Waals surface area contributed by atoms with Gasteiger partial charge in [-0.15, -0.1) is 0 Å². The van der Waals surface area contributed by atoms with E-state index in [-0.39, 0.29) is 30.7 Å². The Bertz CT molecular complexity index is 787. The molecule has 158 valence electrons. The molecule has 2 heterocycles. The molecule has 1 fully saturated rings. The van der Waals surface area contributed by atoms with Crippen molar-refractivity contribution in [1.82, 2.24) is 4.90 Å². The summed E-state index contributed by atoms with van der Waals surface area (Å²) in [4.78, 5) is 28.3. The van der Waals surface area contributed by atoms with E-state index in [2.05, 4.69) is 0 Å². The molecule has 0 aromatic heterocycles. The second-order valence-corrected chi connectivity index (χ2v) is 7.86. The summed E-state index contributed by atoms with van der Waals surface area (Å²) in [5.74, 6) is -0.555. The van der Waals surface area contributed by atoms with Gasteiger partial charge in [0.1, 0.15) is 11.8 Å². The molecule has 6 nitrogen and oxygen atoms in total. The number of hydrogen-bond acceptors (Lipinski definition) is 5. The van der Waals surface area contributed by atoms with Gasteiger partial charge in [0.05, 0.1) is 18.8 Å². The van der Waals surface area contributed by atoms with E-state index in [1.807, 2.05) is 18.7 Å². The van der Waals surface area contributed by atoms with Gasteiger partial charge in [0.25, 0.3) is 5.91 Å². The topological polar surface area (TPSA) is 59.1 Å². The van der Waals surface area contributed by atoms with Crippen LogP contribution in [-0.2, 0) is 14.3 Å². The van der Waals surface area contributed by atoms with E-state index in [0.717, 1.165) is 25.9 Å². The number of rotatable bonds is 8. The van der Waals surface area contributed by atoms with E-state index in [0.29, 0.717) is 17.9 Å². The Morgan fingerprint density at radius 2 is 1.97 bits per heavy atom. The molecule has 0 spiro atoms. The Morgan fingerprint density at radius 1 is 1.24 bits per heavy atom. The van der Waals surface area contributed by atoms with Crippen molar-refractivity contribution in [2.75, 3.05) is 31.1 Å². The number of anilines is 1. The number of halogens is 1. The molecule has 1 amide bonds. The lowest BCUT2D eigenvalue weighted by Gasteiger charge is -2.27. The van der Waals surface area contributed by atoms with Gasteiger partial charge < -0.3 is 19.3 Å². The van der Waals surface area contributed by atoms with Crippen LogP contribution in [0.25, 0.3) is 0 Å². The van der Waals surface area contributed by atoms with Gasteiger partial charge in [-0.2, -0.15) is 0 Å². The molecular weight excluding hydrogens is 375 g/mol. The number of carbonyl (C=O) groups is 2. The molecule has 1 aromatic rings. The van der Waals surface area contributed by atoms with Crippen LogP contribution >= 0.6 is 0 Å². The van der Waals surface area contributed by atoms with Crippen LogP contribution in [0.3, 0.4) is 0 Å². The second kappa shape index (κ2) is 9.29. The highest BCUT2D eigenvalue weighted by molar-refractivity contribution is 5.94. The normalized spacial score (nSPS) is 17.7. The summed E-state index contributed by atoms with van der Waals surface area (Å²) in [6.45, 7) is 7.72. The summed E-state index contributed by atoms with van der Waals surface area (Å²) in [7, 11) is 0. The molecule has 2 aliphatic rings. The predicted molar refractivity (Wildman–Crippen MR) is 108 cm³/mol. The van der Waals surface area contributed by atoms with Gasteiger partial charge in [-0.05, 0) is 44.2 Å². The molecule has 0 radical (unpaired) electrons. The van der Waals surface area contributed by atoms with Crippen molar-refractivity contribution < 1.29 is 23.5 Å². The van der Waals surface area contributed by atoms with Gasteiger partial charge in [0.15, 0.2) is 11.6 Å². The number of benzene rings is 1. The Kier molecular flexibility index (Phi) is 6.77. The van der Waals surface area contributed by atoms with Gasteiger partial charge in [-0.3, -0.25) is 4.79 Å². The van der Waals surface area contributed by atoms with Crippen LogP contribution in [0.5, 0.6) is 5.75 Å². The number of esters is 1. The van der Waals surface area contributed by atoms with Crippen LogP contribution in [0, 0.1) is 11.7 Å². The minimum atomic E-state index is -0.680. The first kappa shape index (κ1) is 21.1. The number of amides is 1. The summed E-state index contributed by atoms with van der Waals surface area (Å²) in [5, 5.41) is 0. The van der Waals surface area contributed by atoms with Crippen molar-refractivity contribution in [2.45, 2.75) is 46.1 Å². The average Bonchev–Trinajstić information content (AvgIpc) is 3.31. The number of hydrogen-bond donors (Lipinski definition) is 0. The first-order chi connectivity index (χ1) is 13.9. The molecule has 29 heavy (non-hydrogen) atoms. The quantitative estimate of drug-likeness (QED) is 0.621. The van der Waals surface area contributed by atoms with Gasteiger partial charge in [-0.1, -0.05) is 19.9 Å². The van der Waals surface area contributed by atoms with E-state index >= 15 is 0 Å². The molecule has 0 unspecified atom stereocenters. The van der Waals surface area contributed by atoms with Crippen LogP contribution in [0.2, 0.25) is 0 Å². The van der Waals surface area contributed by atoms with E-state index < -0.39 is 17.8 Å². The van der Waals surface area contributed by atoms with Gasteiger partial charge in [0.2, 0.25) is 0 Å². The molecule has 1 aromatic carbocycles. The van der Waals surface area contributed by atoms with Crippen LogP contribution in [0.4, 0.5) is 10.1 Å². The lowest BCUT2D eigenvalue weighted by atomic mass is 10.0. The highest BCUT2D eigenvalue weighted by atomic mass is 19.1. The zero-order chi connectivity index (χ0) is 21.0. The van der Waals surface area contributed by atoms with E-state index in [4.69, 9.17) is 9.47 Å². The SMILES string of the molecule is CCOC(=O)[C@H](CC(C)C)N1CC(Oc2cccc(N3CCCC3)c2F)=CC1=O. The van der Waals surface area contributed by atoms with Crippen molar-refractivity contribution in [3.8, 4) is 5.75 Å². The van der Waals surface area contributed by atoms with Crippen LogP contribution < -0.4 is 9.64 Å². The maximum Gasteiger partial charge on any atom is 0.328 e. The fourth-order valence-electron chi connectivity index (χ4n) is 3.79. The molecular formula is C22H29FN2O4. The summed E-state index contributed by atoms with van der Waals surface area (Å²) >= 11 is 0. The highest BCUT2D eigenvalue weighted by Crippen LogP contribution is 2.32. The van der Waals surface area contributed by atoms with Crippen molar-refractivity contribution in [3.05, 3.63) is 35.9 Å². The zero-order valence-corrected chi connectivity index (χ0v) is 17.3. The molecule has 1 saturated heterocycles. The summed E-state index contributed by atoms with van der Waals surface area (Å²) in [6.07, 6.45) is 3.91. The Balaban J connectivity index is 1.73. The molecule has 2 aliphatic heterocycles. The monoisotopic (exact) mass is 404 g/mol. The molecule has 1 atom stereocenters. The average molecular weight is 404 g/mol. The van der Waals surface area contributed by atoms with Crippen molar-refractivity contribution >= 4 is 17.6 Å². The zero-order valence-electron chi connectivity index (χ0n) is 17.3. The first-order valence-electron chi connectivity index (χ1n) is 10.3. The van der Waals surface area contributed by atoms with Crippen molar-refractivity contribution in [1.29, 1.82) is 0 Å². The summed E-state index contributed by atoms with van der Waals surface area (Å²) < 4.78 is 25.9. The van der Waals surface area contributed by atoms with Gasteiger partial charge >= 0.3 is 5.97 Å². The maximum absolute atomic E-state index is 15.0. The maximum atomic E-state index is 15.0. The molecule has 0 aliphatic carbocycles. The number of ether oxygens (including phenoxy) is 2. The summed E-state index contributed by atoms with van der Waals surface area (Å²) in [5.41, 5.74) is 0.519. The third-order valence-corrected chi connectivity index (χ3v) is 5.15. The van der Waals surface area contributed by atoms with E-state index in [1.54, 1.807) is 25.1 Å². The van der Waals surface area contributed by atoms with Crippen LogP contribution in [0.15, 0.2) is 30.0 Å². The van der Waals surface area contributed by atoms with Crippen molar-refractivity contribution in [3.63, 3.8) is 0 Å². The second-order valence-electron chi connectivity index (χ2n) is 7.86. The molecule has 0 saturated carbocycles. The Labute approximate surface area is 171 Å². The largest absolute Gasteiger partial charge is 0.464 e. The minimum Gasteiger partial charge on any atom is -0.464 e. The van der Waals surface area contributed by atoms with Crippen LogP contribution in [0.1, 0.15) is 40.0 Å². The smallest absolute Gasteiger partial charge is 0.328 e. The Hall–Kier alpha value is -2.57. The lowest BCUT2D eigenvalue weighted by Crippen LogP contribution is -2.44. The predicted octanol–water partition coefficient (Wildman–Crippen LogP) is 3.51. The Morgan fingerprint density at radius 3 is 2.62 bits per heavy atom. The molecule has 7 heteroatoms. The minimum absolute atomic E-state index is 0.0897. The van der Waals surface area contributed by atoms with E-state index in [1.165, 1.54) is 11.0 Å². The molecule has 0 bridgehead atoms. The lowest BCUT2D eigenvalue weighted by molar-refractivity contribution is -0.153. The number of carbonyl (C=O) groups excluding carboxylic acids is 2. The number of nitrogens with zero attached hydrogens (tertiary/aromatic N) is 2. The molecule has 3 rings (SSSR count).